The fraction of sp³-hybridized carbons (Fsp3) is 0.0435. The standard InChI is InChI=1S/C23H15BrClNO3/c24-15-10-11-19(25)17(12-15)23(28)29-22(14-6-2-1-3-7-14)21(27)18-13-26-20-9-5-4-8-16(18)20/h1-13,22,26H. The summed E-state index contributed by atoms with van der Waals surface area (Å²) >= 11 is 9.49. The minimum Gasteiger partial charge on any atom is -0.445 e. The molecule has 0 saturated carbocycles. The number of carbonyl (C=O) groups is 2. The van der Waals surface area contributed by atoms with Gasteiger partial charge in [-0.05, 0) is 24.3 Å². The molecule has 29 heavy (non-hydrogen) atoms. The van der Waals surface area contributed by atoms with Gasteiger partial charge in [-0.15, -0.1) is 0 Å². The number of hydrogen-bond acceptors (Lipinski definition) is 3. The molecule has 1 N–H and O–H groups in total. The van der Waals surface area contributed by atoms with Gasteiger partial charge in [0.25, 0.3) is 0 Å². The van der Waals surface area contributed by atoms with E-state index in [0.717, 1.165) is 10.9 Å². The van der Waals surface area contributed by atoms with E-state index >= 15 is 0 Å². The molecule has 144 valence electrons. The van der Waals surface area contributed by atoms with E-state index in [9.17, 15) is 9.59 Å². The largest absolute Gasteiger partial charge is 0.445 e. The summed E-state index contributed by atoms with van der Waals surface area (Å²) < 4.78 is 6.37. The van der Waals surface area contributed by atoms with Gasteiger partial charge in [0.2, 0.25) is 5.78 Å². The molecular weight excluding hydrogens is 454 g/mol. The molecule has 0 aliphatic rings. The van der Waals surface area contributed by atoms with Crippen LogP contribution in [0.5, 0.6) is 0 Å². The van der Waals surface area contributed by atoms with Gasteiger partial charge < -0.3 is 9.72 Å². The Balaban J connectivity index is 1.73. The Morgan fingerprint density at radius 2 is 1.66 bits per heavy atom. The third-order valence-corrected chi connectivity index (χ3v) is 5.39. The van der Waals surface area contributed by atoms with E-state index < -0.39 is 12.1 Å². The van der Waals surface area contributed by atoms with Gasteiger partial charge in [0, 0.05) is 32.7 Å². The highest BCUT2D eigenvalue weighted by Crippen LogP contribution is 2.29. The highest BCUT2D eigenvalue weighted by atomic mass is 79.9. The lowest BCUT2D eigenvalue weighted by molar-refractivity contribution is 0.0280. The first-order chi connectivity index (χ1) is 14.0. The average molecular weight is 469 g/mol. The van der Waals surface area contributed by atoms with E-state index in [0.29, 0.717) is 15.6 Å². The Morgan fingerprint density at radius 1 is 0.931 bits per heavy atom. The number of aromatic amines is 1. The topological polar surface area (TPSA) is 59.2 Å². The number of esters is 1. The van der Waals surface area contributed by atoms with Crippen LogP contribution in [0.1, 0.15) is 32.4 Å². The molecule has 0 radical (unpaired) electrons. The summed E-state index contributed by atoms with van der Waals surface area (Å²) in [6.45, 7) is 0. The van der Waals surface area contributed by atoms with Gasteiger partial charge in [-0.25, -0.2) is 4.79 Å². The van der Waals surface area contributed by atoms with Crippen molar-refractivity contribution in [3.8, 4) is 0 Å². The number of carbonyl (C=O) groups excluding carboxylic acids is 2. The summed E-state index contributed by atoms with van der Waals surface area (Å²) in [5, 5.41) is 1.03. The van der Waals surface area contributed by atoms with Crippen molar-refractivity contribution >= 4 is 50.2 Å². The van der Waals surface area contributed by atoms with E-state index in [-0.39, 0.29) is 16.4 Å². The van der Waals surface area contributed by atoms with Gasteiger partial charge >= 0.3 is 5.97 Å². The van der Waals surface area contributed by atoms with E-state index in [1.807, 2.05) is 30.3 Å². The number of H-pyrrole nitrogens is 1. The lowest BCUT2D eigenvalue weighted by atomic mass is 9.99. The summed E-state index contributed by atoms with van der Waals surface area (Å²) in [6, 6.07) is 21.3. The number of ether oxygens (including phenoxy) is 1. The second kappa shape index (κ2) is 8.23. The Morgan fingerprint density at radius 3 is 2.45 bits per heavy atom. The van der Waals surface area contributed by atoms with Crippen molar-refractivity contribution in [2.24, 2.45) is 0 Å². The zero-order chi connectivity index (χ0) is 20.4. The van der Waals surface area contributed by atoms with Crippen molar-refractivity contribution in [2.45, 2.75) is 6.10 Å². The van der Waals surface area contributed by atoms with Crippen molar-refractivity contribution in [3.05, 3.63) is 105 Å². The summed E-state index contributed by atoms with van der Waals surface area (Å²) in [4.78, 5) is 29.3. The highest BCUT2D eigenvalue weighted by molar-refractivity contribution is 9.10. The van der Waals surface area contributed by atoms with Crippen LogP contribution in [-0.2, 0) is 4.74 Å². The number of benzene rings is 3. The second-order valence-corrected chi connectivity index (χ2v) is 7.76. The van der Waals surface area contributed by atoms with Crippen LogP contribution in [0.15, 0.2) is 83.5 Å². The van der Waals surface area contributed by atoms with E-state index in [1.165, 1.54) is 0 Å². The smallest absolute Gasteiger partial charge is 0.340 e. The molecule has 0 aliphatic heterocycles. The van der Waals surface area contributed by atoms with Gasteiger partial charge in [-0.3, -0.25) is 4.79 Å². The number of fused-ring (bicyclic) bond motifs is 1. The molecule has 0 saturated heterocycles. The van der Waals surface area contributed by atoms with Gasteiger partial charge in [-0.1, -0.05) is 76.1 Å². The zero-order valence-corrected chi connectivity index (χ0v) is 17.4. The molecule has 3 aromatic carbocycles. The molecule has 1 unspecified atom stereocenters. The first kappa shape index (κ1) is 19.4. The van der Waals surface area contributed by atoms with E-state index in [2.05, 4.69) is 20.9 Å². The molecule has 0 fully saturated rings. The molecule has 0 bridgehead atoms. The number of halogens is 2. The number of ketones is 1. The normalized spacial score (nSPS) is 11.9. The maximum atomic E-state index is 13.4. The molecule has 1 aromatic heterocycles. The Hall–Kier alpha value is -2.89. The zero-order valence-electron chi connectivity index (χ0n) is 15.1. The molecular formula is C23H15BrClNO3. The summed E-state index contributed by atoms with van der Waals surface area (Å²) in [6.07, 6.45) is 0.543. The number of Topliss-reactive ketones (excluding diaryl/α,β-unsaturated/α-hetero) is 1. The third-order valence-electron chi connectivity index (χ3n) is 4.57. The first-order valence-corrected chi connectivity index (χ1v) is 10.0. The van der Waals surface area contributed by atoms with Crippen molar-refractivity contribution in [1.29, 1.82) is 0 Å². The Kier molecular flexibility index (Phi) is 5.51. The molecule has 1 atom stereocenters. The Labute approximate surface area is 180 Å². The summed E-state index contributed by atoms with van der Waals surface area (Å²) in [7, 11) is 0. The van der Waals surface area contributed by atoms with Gasteiger partial charge in [0.1, 0.15) is 0 Å². The van der Waals surface area contributed by atoms with E-state index in [4.69, 9.17) is 16.3 Å². The summed E-state index contributed by atoms with van der Waals surface area (Å²) in [5.41, 5.74) is 2.07. The van der Waals surface area contributed by atoms with Crippen molar-refractivity contribution in [1.82, 2.24) is 4.98 Å². The fourth-order valence-corrected chi connectivity index (χ4v) is 3.70. The van der Waals surface area contributed by atoms with Gasteiger partial charge in [0.05, 0.1) is 10.6 Å². The average Bonchev–Trinajstić information content (AvgIpc) is 3.18. The van der Waals surface area contributed by atoms with Crippen LogP contribution in [0.25, 0.3) is 10.9 Å². The molecule has 0 spiro atoms. The third kappa shape index (κ3) is 3.97. The number of nitrogens with one attached hydrogen (secondary N) is 1. The lowest BCUT2D eigenvalue weighted by Gasteiger charge is -2.18. The maximum Gasteiger partial charge on any atom is 0.340 e. The maximum absolute atomic E-state index is 13.4. The van der Waals surface area contributed by atoms with Gasteiger partial charge in [-0.2, -0.15) is 0 Å². The van der Waals surface area contributed by atoms with Crippen molar-refractivity contribution < 1.29 is 14.3 Å². The molecule has 0 amide bonds. The first-order valence-electron chi connectivity index (χ1n) is 8.86. The van der Waals surface area contributed by atoms with Crippen LogP contribution in [0.3, 0.4) is 0 Å². The number of para-hydroxylation sites is 1. The van der Waals surface area contributed by atoms with E-state index in [1.54, 1.807) is 48.7 Å². The highest BCUT2D eigenvalue weighted by Gasteiger charge is 2.29. The number of aromatic nitrogens is 1. The predicted molar refractivity (Wildman–Crippen MR) is 116 cm³/mol. The number of hydrogen-bond donors (Lipinski definition) is 1. The van der Waals surface area contributed by atoms with Crippen LogP contribution in [-0.4, -0.2) is 16.7 Å². The SMILES string of the molecule is O=C(OC(C(=O)c1c[nH]c2ccccc12)c1ccccc1)c1cc(Br)ccc1Cl. The molecule has 4 rings (SSSR count). The molecule has 6 heteroatoms. The Bertz CT molecular complexity index is 1200. The van der Waals surface area contributed by atoms with Crippen LogP contribution in [0, 0.1) is 0 Å². The van der Waals surface area contributed by atoms with Crippen LogP contribution in [0.2, 0.25) is 5.02 Å². The van der Waals surface area contributed by atoms with Crippen LogP contribution in [0.4, 0.5) is 0 Å². The fourth-order valence-electron chi connectivity index (χ4n) is 3.14. The minimum atomic E-state index is -1.10. The molecule has 1 heterocycles. The quantitative estimate of drug-likeness (QED) is 0.274. The molecule has 4 aromatic rings. The predicted octanol–water partition coefficient (Wildman–Crippen LogP) is 6.36. The molecule has 0 aliphatic carbocycles. The van der Waals surface area contributed by atoms with Crippen LogP contribution >= 0.6 is 27.5 Å². The lowest BCUT2D eigenvalue weighted by Crippen LogP contribution is -2.20. The van der Waals surface area contributed by atoms with Crippen LogP contribution < -0.4 is 0 Å². The number of rotatable bonds is 5. The van der Waals surface area contributed by atoms with Crippen molar-refractivity contribution in [3.63, 3.8) is 0 Å². The second-order valence-electron chi connectivity index (χ2n) is 6.43. The van der Waals surface area contributed by atoms with Crippen molar-refractivity contribution in [2.75, 3.05) is 0 Å². The monoisotopic (exact) mass is 467 g/mol. The minimum absolute atomic E-state index is 0.189. The van der Waals surface area contributed by atoms with Gasteiger partial charge in [0.15, 0.2) is 6.10 Å². The summed E-state index contributed by atoms with van der Waals surface area (Å²) in [5.74, 6) is -0.980. The molecule has 4 nitrogen and oxygen atoms in total.